The van der Waals surface area contributed by atoms with Crippen LogP contribution in [-0.2, 0) is 9.22 Å². The summed E-state index contributed by atoms with van der Waals surface area (Å²) in [5.74, 6) is -1.92. The van der Waals surface area contributed by atoms with Crippen LogP contribution in [0.1, 0.15) is 27.2 Å². The van der Waals surface area contributed by atoms with E-state index in [1.807, 2.05) is 33.9 Å². The standard InChI is InChI=1S/C13H23F3N4O2Si/c1-12(2,3)23(4,5)22-10-6-9(18-19-17)7-20(8-10)11(21)13(14,15)16/h9-10H,6-8H2,1-5H3/t9?,10-/m1/s1. The molecule has 1 fully saturated rings. The Labute approximate surface area is 134 Å². The highest BCUT2D eigenvalue weighted by atomic mass is 28.4. The van der Waals surface area contributed by atoms with Crippen molar-refractivity contribution in [3.05, 3.63) is 10.4 Å². The Morgan fingerprint density at radius 1 is 1.30 bits per heavy atom. The van der Waals surface area contributed by atoms with Gasteiger partial charge in [0.1, 0.15) is 0 Å². The largest absolute Gasteiger partial charge is 0.471 e. The lowest BCUT2D eigenvalue weighted by molar-refractivity contribution is -0.188. The molecule has 23 heavy (non-hydrogen) atoms. The van der Waals surface area contributed by atoms with Gasteiger partial charge in [-0.05, 0) is 30.1 Å². The lowest BCUT2D eigenvalue weighted by atomic mass is 10.0. The van der Waals surface area contributed by atoms with E-state index in [2.05, 4.69) is 10.0 Å². The van der Waals surface area contributed by atoms with Crippen molar-refractivity contribution in [3.8, 4) is 0 Å². The monoisotopic (exact) mass is 352 g/mol. The van der Waals surface area contributed by atoms with E-state index in [0.717, 1.165) is 0 Å². The first-order chi connectivity index (χ1) is 10.3. The molecule has 1 unspecified atom stereocenters. The molecule has 10 heteroatoms. The summed E-state index contributed by atoms with van der Waals surface area (Å²) in [7, 11) is -2.21. The molecule has 1 aliphatic heterocycles. The van der Waals surface area contributed by atoms with Gasteiger partial charge in [0.05, 0.1) is 12.1 Å². The van der Waals surface area contributed by atoms with Crippen LogP contribution in [0, 0.1) is 0 Å². The summed E-state index contributed by atoms with van der Waals surface area (Å²) in [6.07, 6.45) is -5.19. The number of piperidine rings is 1. The zero-order valence-electron chi connectivity index (χ0n) is 14.0. The summed E-state index contributed by atoms with van der Waals surface area (Å²) < 4.78 is 44.1. The quantitative estimate of drug-likeness (QED) is 0.335. The smallest absolute Gasteiger partial charge is 0.412 e. The van der Waals surface area contributed by atoms with Crippen molar-refractivity contribution in [1.29, 1.82) is 0 Å². The van der Waals surface area contributed by atoms with E-state index < -0.39 is 32.5 Å². The predicted octanol–water partition coefficient (Wildman–Crippen LogP) is 3.85. The van der Waals surface area contributed by atoms with Crippen LogP contribution in [0.25, 0.3) is 10.4 Å². The van der Waals surface area contributed by atoms with Crippen LogP contribution < -0.4 is 0 Å². The minimum Gasteiger partial charge on any atom is -0.412 e. The lowest BCUT2D eigenvalue weighted by Crippen LogP contribution is -2.55. The third-order valence-electron chi connectivity index (χ3n) is 4.40. The number of hydrogen-bond donors (Lipinski definition) is 0. The highest BCUT2D eigenvalue weighted by Crippen LogP contribution is 2.38. The van der Waals surface area contributed by atoms with E-state index in [9.17, 15) is 18.0 Å². The van der Waals surface area contributed by atoms with Crippen molar-refractivity contribution in [2.75, 3.05) is 13.1 Å². The first-order valence-electron chi connectivity index (χ1n) is 7.36. The third-order valence-corrected chi connectivity index (χ3v) is 8.94. The summed E-state index contributed by atoms with van der Waals surface area (Å²) >= 11 is 0. The van der Waals surface area contributed by atoms with Crippen LogP contribution >= 0.6 is 0 Å². The van der Waals surface area contributed by atoms with Crippen molar-refractivity contribution in [2.45, 2.75) is 63.6 Å². The van der Waals surface area contributed by atoms with Crippen LogP contribution in [0.15, 0.2) is 5.11 Å². The SMILES string of the molecule is CC(C)(C)[Si](C)(C)O[C@@H]1CC(N=[N+]=[N-])CN(C(=O)C(F)(F)F)C1. The molecule has 0 spiro atoms. The second-order valence-electron chi connectivity index (χ2n) is 7.30. The maximum atomic E-state index is 12.7. The van der Waals surface area contributed by atoms with Crippen molar-refractivity contribution < 1.29 is 22.4 Å². The van der Waals surface area contributed by atoms with Crippen LogP contribution in [0.4, 0.5) is 13.2 Å². The number of carbonyl (C=O) groups excluding carboxylic acids is 1. The summed E-state index contributed by atoms with van der Waals surface area (Å²) in [5, 5.41) is 3.38. The molecule has 2 atom stereocenters. The van der Waals surface area contributed by atoms with E-state index in [1.165, 1.54) is 0 Å². The van der Waals surface area contributed by atoms with Gasteiger partial charge in [-0.15, -0.1) is 0 Å². The van der Waals surface area contributed by atoms with Crippen LogP contribution in [0.3, 0.4) is 0 Å². The maximum Gasteiger partial charge on any atom is 0.471 e. The van der Waals surface area contributed by atoms with Gasteiger partial charge in [-0.3, -0.25) is 4.79 Å². The van der Waals surface area contributed by atoms with Crippen molar-refractivity contribution >= 4 is 14.2 Å². The van der Waals surface area contributed by atoms with Crippen molar-refractivity contribution in [1.82, 2.24) is 4.90 Å². The molecule has 1 saturated heterocycles. The van der Waals surface area contributed by atoms with Gasteiger partial charge in [0.25, 0.3) is 0 Å². The van der Waals surface area contributed by atoms with Crippen LogP contribution in [0.5, 0.6) is 0 Å². The molecule has 1 rings (SSSR count). The van der Waals surface area contributed by atoms with Crippen LogP contribution in [0.2, 0.25) is 18.1 Å². The molecule has 132 valence electrons. The summed E-state index contributed by atoms with van der Waals surface area (Å²) in [5.41, 5.74) is 8.55. The Morgan fingerprint density at radius 3 is 2.30 bits per heavy atom. The van der Waals surface area contributed by atoms with Gasteiger partial charge in [0.2, 0.25) is 0 Å². The molecule has 0 aromatic heterocycles. The van der Waals surface area contributed by atoms with Gasteiger partial charge in [-0.1, -0.05) is 25.9 Å². The number of rotatable bonds is 3. The minimum atomic E-state index is -4.94. The van der Waals surface area contributed by atoms with Gasteiger partial charge in [-0.2, -0.15) is 13.2 Å². The van der Waals surface area contributed by atoms with E-state index in [0.29, 0.717) is 11.3 Å². The molecular formula is C13H23F3N4O2Si. The molecular weight excluding hydrogens is 329 g/mol. The molecule has 1 aliphatic rings. The molecule has 0 aromatic rings. The number of azide groups is 1. The van der Waals surface area contributed by atoms with Crippen molar-refractivity contribution in [2.24, 2.45) is 5.11 Å². The van der Waals surface area contributed by atoms with Gasteiger partial charge < -0.3 is 9.33 Å². The Hall–Kier alpha value is -1.25. The predicted molar refractivity (Wildman–Crippen MR) is 82.3 cm³/mol. The maximum absolute atomic E-state index is 12.7. The summed E-state index contributed by atoms with van der Waals surface area (Å²) in [6, 6.07) is -0.713. The van der Waals surface area contributed by atoms with E-state index >= 15 is 0 Å². The van der Waals surface area contributed by atoms with E-state index in [4.69, 9.17) is 9.96 Å². The highest BCUT2D eigenvalue weighted by molar-refractivity contribution is 6.74. The minimum absolute atomic E-state index is 0.114. The van der Waals surface area contributed by atoms with Crippen LogP contribution in [-0.4, -0.2) is 50.5 Å². The summed E-state index contributed by atoms with van der Waals surface area (Å²) in [4.78, 5) is 14.8. The highest BCUT2D eigenvalue weighted by Gasteiger charge is 2.46. The first-order valence-corrected chi connectivity index (χ1v) is 10.3. The molecule has 6 nitrogen and oxygen atoms in total. The fraction of sp³-hybridized carbons (Fsp3) is 0.923. The Morgan fingerprint density at radius 2 is 1.87 bits per heavy atom. The molecule has 0 N–H and O–H groups in total. The number of alkyl halides is 3. The zero-order valence-corrected chi connectivity index (χ0v) is 15.0. The second kappa shape index (κ2) is 6.70. The summed E-state index contributed by atoms with van der Waals surface area (Å²) in [6.45, 7) is 9.66. The number of halogens is 3. The normalized spacial score (nSPS) is 23.4. The number of likely N-dealkylation sites (tertiary alicyclic amines) is 1. The van der Waals surface area contributed by atoms with Gasteiger partial charge in [-0.25, -0.2) is 0 Å². The molecule has 0 radical (unpaired) electrons. The Balaban J connectivity index is 2.96. The average Bonchev–Trinajstić information content (AvgIpc) is 2.34. The number of nitrogens with zero attached hydrogens (tertiary/aromatic N) is 4. The van der Waals surface area contributed by atoms with E-state index in [-0.39, 0.29) is 18.1 Å². The fourth-order valence-electron chi connectivity index (χ4n) is 2.21. The molecule has 1 amide bonds. The molecule has 1 heterocycles. The lowest BCUT2D eigenvalue weighted by Gasteiger charge is -2.43. The Bertz CT molecular complexity index is 498. The molecule has 0 saturated carbocycles. The van der Waals surface area contributed by atoms with E-state index in [1.54, 1.807) is 0 Å². The topological polar surface area (TPSA) is 78.3 Å². The fourth-order valence-corrected chi connectivity index (χ4v) is 3.57. The number of hydrogen-bond acceptors (Lipinski definition) is 3. The zero-order chi connectivity index (χ0) is 18.1. The molecule has 0 aliphatic carbocycles. The van der Waals surface area contributed by atoms with Gasteiger partial charge in [0, 0.05) is 18.0 Å². The third kappa shape index (κ3) is 5.12. The van der Waals surface area contributed by atoms with Gasteiger partial charge in [0.15, 0.2) is 8.32 Å². The van der Waals surface area contributed by atoms with Gasteiger partial charge >= 0.3 is 12.1 Å². The average molecular weight is 352 g/mol. The number of amides is 1. The Kier molecular flexibility index (Phi) is 5.77. The molecule has 0 aromatic carbocycles. The first kappa shape index (κ1) is 19.8. The number of carbonyl (C=O) groups is 1. The molecule has 0 bridgehead atoms. The second-order valence-corrected chi connectivity index (χ2v) is 12.1. The van der Waals surface area contributed by atoms with Crippen molar-refractivity contribution in [3.63, 3.8) is 0 Å².